The maximum atomic E-state index is 13.6. The number of phenols is 2. The van der Waals surface area contributed by atoms with Crippen LogP contribution in [0.25, 0.3) is 0 Å². The van der Waals surface area contributed by atoms with Crippen LogP contribution in [0.5, 0.6) is 11.5 Å². The summed E-state index contributed by atoms with van der Waals surface area (Å²) in [5.74, 6) is -1.29. The molecular formula is C15H15F2NO2. The highest BCUT2D eigenvalue weighted by atomic mass is 19.1. The van der Waals surface area contributed by atoms with Crippen LogP contribution in [-0.4, -0.2) is 10.2 Å². The quantitative estimate of drug-likeness (QED) is 0.805. The summed E-state index contributed by atoms with van der Waals surface area (Å²) in [6.45, 7) is 2.04. The maximum Gasteiger partial charge on any atom is 0.130 e. The zero-order valence-corrected chi connectivity index (χ0v) is 10.9. The molecule has 2 rings (SSSR count). The topological polar surface area (TPSA) is 52.5 Å². The number of halogens is 2. The highest BCUT2D eigenvalue weighted by Crippen LogP contribution is 2.24. The number of hydrogen-bond acceptors (Lipinski definition) is 3. The lowest BCUT2D eigenvalue weighted by atomic mass is 10.1. The van der Waals surface area contributed by atoms with Crippen LogP contribution in [0.1, 0.15) is 24.1 Å². The molecule has 0 fully saturated rings. The van der Waals surface area contributed by atoms with E-state index in [9.17, 15) is 19.0 Å². The number of nitrogens with one attached hydrogen (secondary N) is 1. The first kappa shape index (κ1) is 14.3. The van der Waals surface area contributed by atoms with Crippen LogP contribution in [-0.2, 0) is 6.54 Å². The van der Waals surface area contributed by atoms with E-state index in [1.165, 1.54) is 24.3 Å². The van der Waals surface area contributed by atoms with E-state index in [1.54, 1.807) is 13.0 Å². The van der Waals surface area contributed by atoms with Gasteiger partial charge in [0.15, 0.2) is 0 Å². The Bertz CT molecular complexity index is 617. The molecule has 0 spiro atoms. The van der Waals surface area contributed by atoms with Crippen LogP contribution in [0.2, 0.25) is 0 Å². The normalized spacial score (nSPS) is 12.3. The molecule has 2 aromatic rings. The molecule has 0 radical (unpaired) electrons. The van der Waals surface area contributed by atoms with E-state index in [-0.39, 0.29) is 17.5 Å². The van der Waals surface area contributed by atoms with Gasteiger partial charge in [0.2, 0.25) is 0 Å². The van der Waals surface area contributed by atoms with Crippen molar-refractivity contribution in [1.82, 2.24) is 5.32 Å². The Kier molecular flexibility index (Phi) is 4.20. The first-order chi connectivity index (χ1) is 9.47. The molecule has 0 heterocycles. The highest BCUT2D eigenvalue weighted by molar-refractivity contribution is 5.38. The van der Waals surface area contributed by atoms with Gasteiger partial charge in [-0.05, 0) is 19.1 Å². The largest absolute Gasteiger partial charge is 0.508 e. The number of aromatic hydroxyl groups is 2. The lowest BCUT2D eigenvalue weighted by Crippen LogP contribution is -2.19. The van der Waals surface area contributed by atoms with Gasteiger partial charge in [0, 0.05) is 35.8 Å². The zero-order chi connectivity index (χ0) is 14.7. The van der Waals surface area contributed by atoms with E-state index in [2.05, 4.69) is 5.32 Å². The summed E-state index contributed by atoms with van der Waals surface area (Å²) in [6.07, 6.45) is 0. The molecule has 2 aromatic carbocycles. The first-order valence-corrected chi connectivity index (χ1v) is 6.16. The smallest absolute Gasteiger partial charge is 0.130 e. The van der Waals surface area contributed by atoms with Gasteiger partial charge in [-0.2, -0.15) is 0 Å². The van der Waals surface area contributed by atoms with E-state index in [0.29, 0.717) is 17.7 Å². The summed E-state index contributed by atoms with van der Waals surface area (Å²) in [6, 6.07) is 7.36. The van der Waals surface area contributed by atoms with Gasteiger partial charge in [0.05, 0.1) is 0 Å². The van der Waals surface area contributed by atoms with Gasteiger partial charge >= 0.3 is 0 Å². The molecule has 0 saturated carbocycles. The van der Waals surface area contributed by atoms with Crippen molar-refractivity contribution in [3.8, 4) is 11.5 Å². The Morgan fingerprint density at radius 1 is 1.10 bits per heavy atom. The van der Waals surface area contributed by atoms with Gasteiger partial charge in [-0.1, -0.05) is 12.1 Å². The molecule has 1 atom stereocenters. The fraction of sp³-hybridized carbons (Fsp3) is 0.200. The molecule has 1 unspecified atom stereocenters. The minimum Gasteiger partial charge on any atom is -0.508 e. The van der Waals surface area contributed by atoms with Crippen LogP contribution in [0, 0.1) is 11.6 Å². The summed E-state index contributed by atoms with van der Waals surface area (Å²) >= 11 is 0. The number of hydrogen-bond donors (Lipinski definition) is 3. The van der Waals surface area contributed by atoms with Crippen molar-refractivity contribution in [2.75, 3.05) is 0 Å². The van der Waals surface area contributed by atoms with Gasteiger partial charge < -0.3 is 15.5 Å². The zero-order valence-electron chi connectivity index (χ0n) is 10.9. The third kappa shape index (κ3) is 3.24. The Morgan fingerprint density at radius 3 is 2.50 bits per heavy atom. The molecule has 3 N–H and O–H groups in total. The van der Waals surface area contributed by atoms with Gasteiger partial charge in [0.1, 0.15) is 23.1 Å². The summed E-state index contributed by atoms with van der Waals surface area (Å²) in [4.78, 5) is 0. The lowest BCUT2D eigenvalue weighted by molar-refractivity contribution is 0.440. The summed E-state index contributed by atoms with van der Waals surface area (Å²) in [5, 5.41) is 21.9. The van der Waals surface area contributed by atoms with E-state index in [0.717, 1.165) is 6.07 Å². The van der Waals surface area contributed by atoms with Gasteiger partial charge in [-0.3, -0.25) is 0 Å². The Balaban J connectivity index is 2.06. The van der Waals surface area contributed by atoms with E-state index < -0.39 is 11.6 Å². The second kappa shape index (κ2) is 5.88. The standard InChI is InChI=1S/C15H15F2NO2/c1-9(13-5-3-11(16)6-14(13)17)18-8-10-2-4-12(19)7-15(10)20/h2-7,9,18-20H,8H2,1H3. The molecule has 0 aliphatic rings. The van der Waals surface area contributed by atoms with Crippen molar-refractivity contribution in [2.24, 2.45) is 0 Å². The van der Waals surface area contributed by atoms with Crippen molar-refractivity contribution in [2.45, 2.75) is 19.5 Å². The van der Waals surface area contributed by atoms with Crippen molar-refractivity contribution in [1.29, 1.82) is 0 Å². The predicted octanol–water partition coefficient (Wildman–Crippen LogP) is 3.23. The van der Waals surface area contributed by atoms with Crippen LogP contribution >= 0.6 is 0 Å². The molecular weight excluding hydrogens is 264 g/mol. The van der Waals surface area contributed by atoms with Crippen molar-refractivity contribution in [3.63, 3.8) is 0 Å². The Morgan fingerprint density at radius 2 is 1.85 bits per heavy atom. The molecule has 0 aromatic heterocycles. The Labute approximate surface area is 115 Å². The van der Waals surface area contributed by atoms with Crippen molar-refractivity contribution < 1.29 is 19.0 Å². The summed E-state index contributed by atoms with van der Waals surface area (Å²) in [5.41, 5.74) is 0.932. The third-order valence-electron chi connectivity index (χ3n) is 3.10. The van der Waals surface area contributed by atoms with Crippen LogP contribution in [0.15, 0.2) is 36.4 Å². The van der Waals surface area contributed by atoms with Crippen LogP contribution in [0.3, 0.4) is 0 Å². The third-order valence-corrected chi connectivity index (χ3v) is 3.10. The van der Waals surface area contributed by atoms with Gasteiger partial charge in [0.25, 0.3) is 0 Å². The van der Waals surface area contributed by atoms with E-state index in [4.69, 9.17) is 0 Å². The predicted molar refractivity (Wildman–Crippen MR) is 71.4 cm³/mol. The minimum atomic E-state index is -0.616. The SMILES string of the molecule is CC(NCc1ccc(O)cc1O)c1ccc(F)cc1F. The van der Waals surface area contributed by atoms with Crippen LogP contribution < -0.4 is 5.32 Å². The van der Waals surface area contributed by atoms with Crippen LogP contribution in [0.4, 0.5) is 8.78 Å². The fourth-order valence-corrected chi connectivity index (χ4v) is 1.93. The monoisotopic (exact) mass is 279 g/mol. The number of benzene rings is 2. The van der Waals surface area contributed by atoms with Gasteiger partial charge in [-0.25, -0.2) is 8.78 Å². The molecule has 0 aliphatic carbocycles. The average molecular weight is 279 g/mol. The van der Waals surface area contributed by atoms with E-state index in [1.807, 2.05) is 0 Å². The van der Waals surface area contributed by atoms with Gasteiger partial charge in [-0.15, -0.1) is 0 Å². The molecule has 0 bridgehead atoms. The molecule has 106 valence electrons. The molecule has 0 amide bonds. The van der Waals surface area contributed by atoms with Crippen molar-refractivity contribution >= 4 is 0 Å². The Hall–Kier alpha value is -2.14. The molecule has 0 aliphatic heterocycles. The molecule has 0 saturated heterocycles. The molecule has 3 nitrogen and oxygen atoms in total. The molecule has 20 heavy (non-hydrogen) atoms. The second-order valence-corrected chi connectivity index (χ2v) is 4.58. The number of rotatable bonds is 4. The summed E-state index contributed by atoms with van der Waals surface area (Å²) in [7, 11) is 0. The lowest BCUT2D eigenvalue weighted by Gasteiger charge is -2.15. The van der Waals surface area contributed by atoms with Crippen molar-refractivity contribution in [3.05, 3.63) is 59.2 Å². The minimum absolute atomic E-state index is 0.0242. The maximum absolute atomic E-state index is 13.6. The molecule has 5 heteroatoms. The summed E-state index contributed by atoms with van der Waals surface area (Å²) < 4.78 is 26.4. The first-order valence-electron chi connectivity index (χ1n) is 6.16. The number of phenolic OH excluding ortho intramolecular Hbond substituents is 2. The average Bonchev–Trinajstić information content (AvgIpc) is 2.37. The fourth-order valence-electron chi connectivity index (χ4n) is 1.93. The highest BCUT2D eigenvalue weighted by Gasteiger charge is 2.12. The second-order valence-electron chi connectivity index (χ2n) is 4.58. The van der Waals surface area contributed by atoms with E-state index >= 15 is 0 Å².